The summed E-state index contributed by atoms with van der Waals surface area (Å²) >= 11 is 0. The summed E-state index contributed by atoms with van der Waals surface area (Å²) in [6, 6.07) is 0.683. The standard InChI is InChI=1S/C12H22O3Si/c1-7-9-10-16(13-8-2)14-11(3,4)12(5,6)15-16/h7-9H,2,10H2,1,3-6H3. The summed E-state index contributed by atoms with van der Waals surface area (Å²) in [5.41, 5.74) is -0.687. The van der Waals surface area contributed by atoms with Crippen LogP contribution in [-0.4, -0.2) is 20.0 Å². The van der Waals surface area contributed by atoms with Crippen LogP contribution < -0.4 is 0 Å². The molecule has 0 aliphatic carbocycles. The van der Waals surface area contributed by atoms with E-state index in [0.717, 1.165) is 0 Å². The summed E-state index contributed by atoms with van der Waals surface area (Å²) in [5.74, 6) is 0. The van der Waals surface area contributed by atoms with Crippen molar-refractivity contribution in [3.8, 4) is 0 Å². The number of allylic oxidation sites excluding steroid dienone is 2. The zero-order valence-corrected chi connectivity index (χ0v) is 11.9. The van der Waals surface area contributed by atoms with Gasteiger partial charge in [-0.25, -0.2) is 0 Å². The first-order valence-electron chi connectivity index (χ1n) is 5.59. The Hall–Kier alpha value is -0.583. The fourth-order valence-corrected chi connectivity index (χ4v) is 4.84. The van der Waals surface area contributed by atoms with E-state index in [1.54, 1.807) is 0 Å². The maximum Gasteiger partial charge on any atom is 0.570 e. The molecule has 1 rings (SSSR count). The van der Waals surface area contributed by atoms with Crippen molar-refractivity contribution >= 4 is 8.80 Å². The predicted molar refractivity (Wildman–Crippen MR) is 67.0 cm³/mol. The van der Waals surface area contributed by atoms with E-state index in [4.69, 9.17) is 13.3 Å². The van der Waals surface area contributed by atoms with E-state index in [0.29, 0.717) is 6.04 Å². The second-order valence-electron chi connectivity index (χ2n) is 4.97. The van der Waals surface area contributed by atoms with Gasteiger partial charge in [-0.3, -0.25) is 0 Å². The second-order valence-corrected chi connectivity index (χ2v) is 7.38. The molecule has 4 heteroatoms. The molecule has 0 saturated carbocycles. The van der Waals surface area contributed by atoms with Crippen molar-refractivity contribution in [3.05, 3.63) is 25.0 Å². The van der Waals surface area contributed by atoms with Gasteiger partial charge in [0, 0.05) is 6.04 Å². The molecule has 0 unspecified atom stereocenters. The van der Waals surface area contributed by atoms with Gasteiger partial charge in [0.15, 0.2) is 0 Å². The molecular weight excluding hydrogens is 220 g/mol. The summed E-state index contributed by atoms with van der Waals surface area (Å²) < 4.78 is 17.7. The molecule has 3 nitrogen and oxygen atoms in total. The minimum Gasteiger partial charge on any atom is -0.508 e. The first-order chi connectivity index (χ1) is 7.29. The first-order valence-corrected chi connectivity index (χ1v) is 7.52. The van der Waals surface area contributed by atoms with E-state index >= 15 is 0 Å². The van der Waals surface area contributed by atoms with Gasteiger partial charge in [-0.1, -0.05) is 18.7 Å². The van der Waals surface area contributed by atoms with Crippen LogP contribution in [0.1, 0.15) is 34.6 Å². The molecule has 0 aromatic rings. The Bertz CT molecular complexity index is 279. The van der Waals surface area contributed by atoms with Crippen molar-refractivity contribution in [2.45, 2.75) is 51.9 Å². The number of rotatable bonds is 4. The van der Waals surface area contributed by atoms with Crippen molar-refractivity contribution in [1.29, 1.82) is 0 Å². The van der Waals surface area contributed by atoms with E-state index < -0.39 is 8.80 Å². The third-order valence-corrected chi connectivity index (χ3v) is 6.04. The van der Waals surface area contributed by atoms with Gasteiger partial charge < -0.3 is 13.3 Å². The summed E-state index contributed by atoms with van der Waals surface area (Å²) in [7, 11) is -2.63. The van der Waals surface area contributed by atoms with Crippen LogP contribution in [0.15, 0.2) is 25.0 Å². The van der Waals surface area contributed by atoms with Gasteiger partial charge >= 0.3 is 8.80 Å². The molecule has 1 saturated heterocycles. The zero-order valence-electron chi connectivity index (χ0n) is 10.9. The monoisotopic (exact) mass is 242 g/mol. The summed E-state index contributed by atoms with van der Waals surface area (Å²) in [4.78, 5) is 0. The maximum absolute atomic E-state index is 6.07. The quantitative estimate of drug-likeness (QED) is 0.430. The third kappa shape index (κ3) is 2.39. The second kappa shape index (κ2) is 4.35. The van der Waals surface area contributed by atoms with Crippen LogP contribution >= 0.6 is 0 Å². The summed E-state index contributed by atoms with van der Waals surface area (Å²) in [6.07, 6.45) is 5.42. The molecule has 0 atom stereocenters. The highest BCUT2D eigenvalue weighted by atomic mass is 28.4. The lowest BCUT2D eigenvalue weighted by atomic mass is 9.90. The third-order valence-electron chi connectivity index (χ3n) is 3.14. The molecule has 0 aromatic carbocycles. The SMILES string of the molecule is C=CO[Si]1(CC=CC)OC(C)(C)C(C)(C)O1. The number of hydrogen-bond donors (Lipinski definition) is 0. The van der Waals surface area contributed by atoms with E-state index in [1.807, 2.05) is 46.8 Å². The van der Waals surface area contributed by atoms with Crippen LogP contribution in [0.2, 0.25) is 6.04 Å². The molecule has 1 heterocycles. The van der Waals surface area contributed by atoms with E-state index in [9.17, 15) is 0 Å². The Balaban J connectivity index is 2.94. The van der Waals surface area contributed by atoms with Crippen molar-refractivity contribution in [3.63, 3.8) is 0 Å². The molecule has 1 aliphatic heterocycles. The largest absolute Gasteiger partial charge is 0.570 e. The normalized spacial score (nSPS) is 25.8. The minimum atomic E-state index is -2.63. The fourth-order valence-electron chi connectivity index (χ4n) is 1.61. The lowest BCUT2D eigenvalue weighted by Crippen LogP contribution is -2.41. The van der Waals surface area contributed by atoms with Gasteiger partial charge in [-0.2, -0.15) is 0 Å². The first kappa shape index (κ1) is 13.5. The average Bonchev–Trinajstić information content (AvgIpc) is 2.30. The van der Waals surface area contributed by atoms with E-state index in [-0.39, 0.29) is 11.2 Å². The highest BCUT2D eigenvalue weighted by Gasteiger charge is 2.62. The van der Waals surface area contributed by atoms with Gasteiger partial charge in [0.25, 0.3) is 0 Å². The molecule has 0 bridgehead atoms. The molecule has 92 valence electrons. The number of hydrogen-bond acceptors (Lipinski definition) is 3. The molecule has 0 N–H and O–H groups in total. The Morgan fingerprint density at radius 1 is 1.19 bits per heavy atom. The van der Waals surface area contributed by atoms with Gasteiger partial charge in [0.2, 0.25) is 0 Å². The molecule has 1 aliphatic rings. The summed E-state index contributed by atoms with van der Waals surface area (Å²) in [6.45, 7) is 13.7. The predicted octanol–water partition coefficient (Wildman–Crippen LogP) is 3.27. The van der Waals surface area contributed by atoms with Gasteiger partial charge in [0.1, 0.15) is 0 Å². The smallest absolute Gasteiger partial charge is 0.508 e. The zero-order chi connectivity index (χ0) is 12.4. The van der Waals surface area contributed by atoms with Crippen LogP contribution in [0.3, 0.4) is 0 Å². The minimum absolute atomic E-state index is 0.343. The maximum atomic E-state index is 6.07. The summed E-state index contributed by atoms with van der Waals surface area (Å²) in [5, 5.41) is 0. The van der Waals surface area contributed by atoms with Crippen LogP contribution in [0.25, 0.3) is 0 Å². The Kier molecular flexibility index (Phi) is 3.67. The van der Waals surface area contributed by atoms with Crippen LogP contribution in [0, 0.1) is 0 Å². The molecule has 0 aromatic heterocycles. The highest BCUT2D eigenvalue weighted by molar-refractivity contribution is 6.62. The van der Waals surface area contributed by atoms with Crippen molar-refractivity contribution in [2.75, 3.05) is 0 Å². The van der Waals surface area contributed by atoms with Crippen LogP contribution in [-0.2, 0) is 13.3 Å². The van der Waals surface area contributed by atoms with Crippen molar-refractivity contribution < 1.29 is 13.3 Å². The van der Waals surface area contributed by atoms with Crippen LogP contribution in [0.4, 0.5) is 0 Å². The Labute approximate surface area is 99.5 Å². The highest BCUT2D eigenvalue weighted by Crippen LogP contribution is 2.43. The van der Waals surface area contributed by atoms with Crippen LogP contribution in [0.5, 0.6) is 0 Å². The van der Waals surface area contributed by atoms with Crippen molar-refractivity contribution in [2.24, 2.45) is 0 Å². The molecular formula is C12H22O3Si. The lowest BCUT2D eigenvalue weighted by Gasteiger charge is -2.31. The Morgan fingerprint density at radius 2 is 1.69 bits per heavy atom. The lowest BCUT2D eigenvalue weighted by molar-refractivity contribution is 0.00578. The average molecular weight is 242 g/mol. The van der Waals surface area contributed by atoms with Gasteiger partial charge in [0.05, 0.1) is 17.5 Å². The fraction of sp³-hybridized carbons (Fsp3) is 0.667. The van der Waals surface area contributed by atoms with Gasteiger partial charge in [-0.05, 0) is 34.6 Å². The van der Waals surface area contributed by atoms with E-state index in [2.05, 4.69) is 6.58 Å². The topological polar surface area (TPSA) is 27.7 Å². The van der Waals surface area contributed by atoms with Crippen molar-refractivity contribution in [1.82, 2.24) is 0 Å². The molecule has 0 radical (unpaired) electrons. The molecule has 0 spiro atoms. The molecule has 16 heavy (non-hydrogen) atoms. The van der Waals surface area contributed by atoms with E-state index in [1.165, 1.54) is 6.26 Å². The Morgan fingerprint density at radius 3 is 2.06 bits per heavy atom. The molecule has 1 fully saturated rings. The van der Waals surface area contributed by atoms with Gasteiger partial charge in [-0.15, -0.1) is 0 Å². The molecule has 0 amide bonds.